The van der Waals surface area contributed by atoms with Crippen LogP contribution >= 0.6 is 0 Å². The van der Waals surface area contributed by atoms with Crippen LogP contribution in [-0.4, -0.2) is 38.0 Å². The van der Waals surface area contributed by atoms with E-state index in [1.807, 2.05) is 29.5 Å². The second-order valence-corrected chi connectivity index (χ2v) is 10.7. The summed E-state index contributed by atoms with van der Waals surface area (Å²) in [6.45, 7) is 1.93. The third kappa shape index (κ3) is 3.43. The van der Waals surface area contributed by atoms with Gasteiger partial charge >= 0.3 is 0 Å². The van der Waals surface area contributed by atoms with E-state index in [-0.39, 0.29) is 10.8 Å². The highest BCUT2D eigenvalue weighted by atomic mass is 32.2. The van der Waals surface area contributed by atoms with Crippen LogP contribution in [0.5, 0.6) is 0 Å². The van der Waals surface area contributed by atoms with Crippen molar-refractivity contribution in [3.05, 3.63) is 84.4 Å². The van der Waals surface area contributed by atoms with Crippen molar-refractivity contribution in [1.82, 2.24) is 23.6 Å². The smallest absolute Gasteiger partial charge is 0.269 e. The Morgan fingerprint density at radius 1 is 0.971 bits per heavy atom. The van der Waals surface area contributed by atoms with Crippen LogP contribution in [0.25, 0.3) is 16.8 Å². The van der Waals surface area contributed by atoms with Crippen molar-refractivity contribution < 1.29 is 8.42 Å². The highest BCUT2D eigenvalue weighted by Gasteiger charge is 2.30. The molecule has 0 aliphatic heterocycles. The molecule has 1 aliphatic carbocycles. The van der Waals surface area contributed by atoms with Gasteiger partial charge in [0.05, 0.1) is 16.6 Å². The van der Waals surface area contributed by atoms with E-state index in [0.717, 1.165) is 36.3 Å². The molecular formula is C25H24N6O2S. The lowest BCUT2D eigenvalue weighted by atomic mass is 10.1. The van der Waals surface area contributed by atoms with Gasteiger partial charge in [0.25, 0.3) is 10.0 Å². The van der Waals surface area contributed by atoms with Crippen LogP contribution in [0.1, 0.15) is 36.6 Å². The minimum Gasteiger partial charge on any atom is -0.382 e. The first kappa shape index (κ1) is 20.9. The molecule has 1 aliphatic rings. The Morgan fingerprint density at radius 2 is 1.76 bits per heavy atom. The van der Waals surface area contributed by atoms with Crippen molar-refractivity contribution in [3.8, 4) is 0 Å². The second-order valence-electron chi connectivity index (χ2n) is 8.87. The number of benzene rings is 2. The van der Waals surface area contributed by atoms with E-state index in [0.29, 0.717) is 22.9 Å². The Bertz CT molecular complexity index is 1590. The maximum Gasteiger partial charge on any atom is 0.269 e. The van der Waals surface area contributed by atoms with Gasteiger partial charge in [-0.25, -0.2) is 17.4 Å². The Labute approximate surface area is 197 Å². The van der Waals surface area contributed by atoms with Crippen molar-refractivity contribution >= 4 is 32.5 Å². The number of aromatic nitrogens is 5. The second kappa shape index (κ2) is 7.95. The predicted molar refractivity (Wildman–Crippen MR) is 130 cm³/mol. The summed E-state index contributed by atoms with van der Waals surface area (Å²) in [5.74, 6) is 1.07. The van der Waals surface area contributed by atoms with Crippen molar-refractivity contribution in [2.75, 3.05) is 5.32 Å². The maximum absolute atomic E-state index is 13.3. The summed E-state index contributed by atoms with van der Waals surface area (Å²) in [4.78, 5) is 4.67. The molecule has 8 nitrogen and oxygen atoms in total. The molecule has 3 heterocycles. The third-order valence-corrected chi connectivity index (χ3v) is 8.26. The standard InChI is InChI=1S/C25H24N6O2S/c1-17-7-11-21(12-8-17)34(32,33)30-14-13-22-25(30)26-16-23-28-29-24(31(22)23)18-9-10-20(15-18)27-19-5-3-2-4-6-19/h2-8,11-14,16,18,20,27H,9-10,15H2,1H3. The number of hydrogen-bond donors (Lipinski definition) is 1. The van der Waals surface area contributed by atoms with E-state index in [9.17, 15) is 8.42 Å². The molecule has 0 radical (unpaired) electrons. The van der Waals surface area contributed by atoms with E-state index in [1.165, 1.54) is 3.97 Å². The van der Waals surface area contributed by atoms with Crippen LogP contribution in [0.2, 0.25) is 0 Å². The molecule has 9 heteroatoms. The van der Waals surface area contributed by atoms with Gasteiger partial charge < -0.3 is 5.32 Å². The molecule has 0 amide bonds. The molecule has 1 saturated carbocycles. The van der Waals surface area contributed by atoms with Crippen LogP contribution in [0.15, 0.2) is 78.0 Å². The fourth-order valence-electron chi connectivity index (χ4n) is 4.85. The molecule has 2 aromatic carbocycles. The zero-order valence-electron chi connectivity index (χ0n) is 18.7. The Morgan fingerprint density at radius 3 is 2.56 bits per heavy atom. The number of aryl methyl sites for hydroxylation is 1. The topological polar surface area (TPSA) is 94.2 Å². The number of para-hydroxylation sites is 1. The van der Waals surface area contributed by atoms with Crippen molar-refractivity contribution in [2.24, 2.45) is 0 Å². The number of nitrogens with one attached hydrogen (secondary N) is 1. The molecular weight excluding hydrogens is 448 g/mol. The van der Waals surface area contributed by atoms with Crippen molar-refractivity contribution in [3.63, 3.8) is 0 Å². The molecule has 0 spiro atoms. The Kier molecular flexibility index (Phi) is 4.88. The number of hydrogen-bond acceptors (Lipinski definition) is 6. The first-order valence-electron chi connectivity index (χ1n) is 11.4. The van der Waals surface area contributed by atoms with Crippen LogP contribution in [-0.2, 0) is 10.0 Å². The minimum atomic E-state index is -3.78. The average Bonchev–Trinajstić information content (AvgIpc) is 3.57. The highest BCUT2D eigenvalue weighted by molar-refractivity contribution is 7.90. The van der Waals surface area contributed by atoms with Crippen LogP contribution < -0.4 is 5.32 Å². The fourth-order valence-corrected chi connectivity index (χ4v) is 6.15. The van der Waals surface area contributed by atoms with E-state index < -0.39 is 10.0 Å². The molecule has 2 unspecified atom stereocenters. The van der Waals surface area contributed by atoms with Gasteiger partial charge in [0, 0.05) is 23.8 Å². The number of nitrogens with zero attached hydrogens (tertiary/aromatic N) is 5. The fraction of sp³-hybridized carbons (Fsp3) is 0.240. The summed E-state index contributed by atoms with van der Waals surface area (Å²) >= 11 is 0. The normalized spacial score (nSPS) is 18.6. The van der Waals surface area contributed by atoms with Gasteiger partial charge in [-0.15, -0.1) is 10.2 Å². The zero-order valence-corrected chi connectivity index (χ0v) is 19.5. The first-order chi connectivity index (χ1) is 16.5. The lowest BCUT2D eigenvalue weighted by Crippen LogP contribution is -2.15. The summed E-state index contributed by atoms with van der Waals surface area (Å²) in [7, 11) is -3.78. The highest BCUT2D eigenvalue weighted by Crippen LogP contribution is 2.36. The number of anilines is 1. The molecule has 0 saturated heterocycles. The van der Waals surface area contributed by atoms with E-state index in [1.54, 1.807) is 42.7 Å². The van der Waals surface area contributed by atoms with E-state index in [2.05, 4.69) is 32.6 Å². The summed E-state index contributed by atoms with van der Waals surface area (Å²) in [5, 5.41) is 12.4. The summed E-state index contributed by atoms with van der Waals surface area (Å²) in [5.41, 5.74) is 3.79. The van der Waals surface area contributed by atoms with Gasteiger partial charge in [0.1, 0.15) is 5.82 Å². The molecule has 6 rings (SSSR count). The predicted octanol–water partition coefficient (Wildman–Crippen LogP) is 4.37. The van der Waals surface area contributed by atoms with Gasteiger partial charge in [0.2, 0.25) is 0 Å². The molecule has 3 aromatic heterocycles. The molecule has 5 aromatic rings. The minimum absolute atomic E-state index is 0.221. The lowest BCUT2D eigenvalue weighted by Gasteiger charge is -2.14. The van der Waals surface area contributed by atoms with Crippen molar-refractivity contribution in [1.29, 1.82) is 0 Å². The van der Waals surface area contributed by atoms with Gasteiger partial charge in [-0.3, -0.25) is 4.40 Å². The molecule has 34 heavy (non-hydrogen) atoms. The van der Waals surface area contributed by atoms with Crippen LogP contribution in [0.3, 0.4) is 0 Å². The first-order valence-corrected chi connectivity index (χ1v) is 12.8. The van der Waals surface area contributed by atoms with Crippen LogP contribution in [0, 0.1) is 6.92 Å². The number of fused-ring (bicyclic) bond motifs is 3. The average molecular weight is 473 g/mol. The lowest BCUT2D eigenvalue weighted by molar-refractivity contribution is 0.588. The molecule has 172 valence electrons. The largest absolute Gasteiger partial charge is 0.382 e. The van der Waals surface area contributed by atoms with E-state index >= 15 is 0 Å². The maximum atomic E-state index is 13.3. The van der Waals surface area contributed by atoms with Crippen molar-refractivity contribution in [2.45, 2.75) is 43.0 Å². The van der Waals surface area contributed by atoms with Gasteiger partial charge in [0.15, 0.2) is 11.3 Å². The van der Waals surface area contributed by atoms with E-state index in [4.69, 9.17) is 0 Å². The van der Waals surface area contributed by atoms with Gasteiger partial charge in [-0.05, 0) is 56.5 Å². The molecule has 1 N–H and O–H groups in total. The molecule has 0 bridgehead atoms. The Balaban J connectivity index is 1.37. The molecule has 1 fully saturated rings. The zero-order chi connectivity index (χ0) is 23.3. The number of rotatable bonds is 5. The monoisotopic (exact) mass is 472 g/mol. The quantitative estimate of drug-likeness (QED) is 0.408. The Hall–Kier alpha value is -3.72. The molecule has 2 atom stereocenters. The van der Waals surface area contributed by atoms with Gasteiger partial charge in [-0.1, -0.05) is 35.9 Å². The third-order valence-electron chi connectivity index (χ3n) is 6.58. The van der Waals surface area contributed by atoms with Crippen LogP contribution in [0.4, 0.5) is 5.69 Å². The summed E-state index contributed by atoms with van der Waals surface area (Å²) < 4.78 is 29.9. The van der Waals surface area contributed by atoms with Gasteiger partial charge in [-0.2, -0.15) is 0 Å². The summed E-state index contributed by atoms with van der Waals surface area (Å²) in [6, 6.07) is 19.2. The summed E-state index contributed by atoms with van der Waals surface area (Å²) in [6.07, 6.45) is 6.10. The SMILES string of the molecule is Cc1ccc(S(=O)(=O)n2ccc3c2ncc2nnc(C4CCC(Nc5ccccc5)C4)n23)cc1.